The topological polar surface area (TPSA) is 76.0 Å². The molecule has 2 aliphatic rings. The molecule has 28 heavy (non-hydrogen) atoms. The highest BCUT2D eigenvalue weighted by molar-refractivity contribution is 8.16. The Bertz CT molecular complexity index is 1000. The van der Waals surface area contributed by atoms with Crippen LogP contribution in [0.5, 0.6) is 5.75 Å². The molecule has 1 amide bonds. The second-order valence-electron chi connectivity index (χ2n) is 6.82. The Morgan fingerprint density at radius 2 is 1.86 bits per heavy atom. The Hall–Kier alpha value is -2.32. The first-order valence-corrected chi connectivity index (χ1v) is 11.6. The zero-order chi connectivity index (χ0) is 19.7. The van der Waals surface area contributed by atoms with Gasteiger partial charge in [0.2, 0.25) is 0 Å². The minimum Gasteiger partial charge on any atom is -0.497 e. The maximum absolute atomic E-state index is 12.5. The fraction of sp³-hybridized carbons (Fsp3) is 0.300. The largest absolute Gasteiger partial charge is 0.497 e. The molecule has 2 atom stereocenters. The molecule has 2 aliphatic heterocycles. The Labute approximate surface area is 168 Å². The zero-order valence-electron chi connectivity index (χ0n) is 15.3. The molecule has 2 saturated heterocycles. The van der Waals surface area contributed by atoms with Crippen molar-refractivity contribution < 1.29 is 17.9 Å². The average Bonchev–Trinajstić information content (AvgIpc) is 3.13. The van der Waals surface area contributed by atoms with Crippen LogP contribution >= 0.6 is 11.8 Å². The molecule has 2 fully saturated rings. The van der Waals surface area contributed by atoms with E-state index in [4.69, 9.17) is 4.74 Å². The van der Waals surface area contributed by atoms with E-state index >= 15 is 0 Å². The van der Waals surface area contributed by atoms with Crippen molar-refractivity contribution in [1.82, 2.24) is 0 Å². The van der Waals surface area contributed by atoms with E-state index in [-0.39, 0.29) is 35.1 Å². The van der Waals surface area contributed by atoms with Gasteiger partial charge in [0.15, 0.2) is 15.0 Å². The van der Waals surface area contributed by atoms with Crippen LogP contribution in [0.15, 0.2) is 59.6 Å². The lowest BCUT2D eigenvalue weighted by Crippen LogP contribution is -2.37. The van der Waals surface area contributed by atoms with E-state index in [9.17, 15) is 13.2 Å². The molecule has 0 aliphatic carbocycles. The summed E-state index contributed by atoms with van der Waals surface area (Å²) in [6.45, 7) is 0. The number of carbonyl (C=O) groups excluding carboxylic acids is 1. The lowest BCUT2D eigenvalue weighted by Gasteiger charge is -2.24. The standard InChI is InChI=1S/C20H20N2O4S2/c1-26-16-9-7-15(8-10-16)22-17-12-28(24,25)13-18(17)27-20(22)21-19(23)11-14-5-3-2-4-6-14/h2-10,17-18H,11-13H2,1H3/t17-,18-/m1/s1. The summed E-state index contributed by atoms with van der Waals surface area (Å²) in [6, 6.07) is 16.6. The van der Waals surface area contributed by atoms with E-state index in [0.717, 1.165) is 11.3 Å². The molecule has 146 valence electrons. The minimum atomic E-state index is -3.09. The van der Waals surface area contributed by atoms with Crippen molar-refractivity contribution >= 4 is 38.4 Å². The van der Waals surface area contributed by atoms with Crippen LogP contribution in [-0.4, -0.2) is 49.4 Å². The fourth-order valence-electron chi connectivity index (χ4n) is 3.53. The van der Waals surface area contributed by atoms with Gasteiger partial charge in [-0.25, -0.2) is 8.42 Å². The summed E-state index contributed by atoms with van der Waals surface area (Å²) in [7, 11) is -1.49. The number of thioether (sulfide) groups is 1. The highest BCUT2D eigenvalue weighted by Gasteiger charge is 2.49. The molecular formula is C20H20N2O4S2. The molecule has 2 aromatic rings. The second-order valence-corrected chi connectivity index (χ2v) is 10.2. The van der Waals surface area contributed by atoms with Gasteiger partial charge in [0.1, 0.15) is 5.75 Å². The van der Waals surface area contributed by atoms with Gasteiger partial charge in [0.25, 0.3) is 5.91 Å². The minimum absolute atomic E-state index is 0.0720. The van der Waals surface area contributed by atoms with Crippen LogP contribution in [0, 0.1) is 0 Å². The number of aliphatic imine (C=N–C) groups is 1. The molecule has 2 aromatic carbocycles. The van der Waals surface area contributed by atoms with Crippen LogP contribution < -0.4 is 9.64 Å². The number of benzene rings is 2. The smallest absolute Gasteiger partial charge is 0.252 e. The normalized spacial score (nSPS) is 24.3. The highest BCUT2D eigenvalue weighted by atomic mass is 32.2. The van der Waals surface area contributed by atoms with E-state index in [0.29, 0.717) is 10.9 Å². The van der Waals surface area contributed by atoms with Crippen molar-refractivity contribution in [2.75, 3.05) is 23.5 Å². The molecule has 0 N–H and O–H groups in total. The number of nitrogens with zero attached hydrogens (tertiary/aromatic N) is 2. The summed E-state index contributed by atoms with van der Waals surface area (Å²) in [5.74, 6) is 0.656. The van der Waals surface area contributed by atoms with Crippen molar-refractivity contribution in [1.29, 1.82) is 0 Å². The average molecular weight is 417 g/mol. The molecule has 0 saturated carbocycles. The molecule has 0 aromatic heterocycles. The monoisotopic (exact) mass is 416 g/mol. The third-order valence-electron chi connectivity index (χ3n) is 4.84. The van der Waals surface area contributed by atoms with Gasteiger partial charge in [-0.15, -0.1) is 0 Å². The van der Waals surface area contributed by atoms with Gasteiger partial charge in [0.05, 0.1) is 31.1 Å². The quantitative estimate of drug-likeness (QED) is 0.762. The Kier molecular flexibility index (Phi) is 5.16. The maximum Gasteiger partial charge on any atom is 0.252 e. The molecule has 0 spiro atoms. The predicted octanol–water partition coefficient (Wildman–Crippen LogP) is 2.54. The summed E-state index contributed by atoms with van der Waals surface area (Å²) in [5, 5.41) is 0.450. The number of fused-ring (bicyclic) bond motifs is 1. The van der Waals surface area contributed by atoms with Crippen LogP contribution in [-0.2, 0) is 21.1 Å². The van der Waals surface area contributed by atoms with Gasteiger partial charge in [0, 0.05) is 10.9 Å². The first-order chi connectivity index (χ1) is 13.4. The van der Waals surface area contributed by atoms with Crippen LogP contribution in [0.2, 0.25) is 0 Å². The SMILES string of the molecule is COc1ccc(N2C(=NC(=O)Cc3ccccc3)S[C@@H]3CS(=O)(=O)C[C@H]32)cc1. The number of ether oxygens (including phenoxy) is 1. The van der Waals surface area contributed by atoms with Crippen molar-refractivity contribution in [2.45, 2.75) is 17.7 Å². The van der Waals surface area contributed by atoms with Crippen LogP contribution in [0.25, 0.3) is 0 Å². The summed E-state index contributed by atoms with van der Waals surface area (Å²) in [5.41, 5.74) is 1.71. The molecule has 2 heterocycles. The third-order valence-corrected chi connectivity index (χ3v) is 8.05. The van der Waals surface area contributed by atoms with E-state index in [1.807, 2.05) is 59.5 Å². The lowest BCUT2D eigenvalue weighted by molar-refractivity contribution is -0.117. The van der Waals surface area contributed by atoms with Crippen molar-refractivity contribution in [3.8, 4) is 5.75 Å². The number of amidine groups is 1. The first kappa shape index (κ1) is 19.0. The highest BCUT2D eigenvalue weighted by Crippen LogP contribution is 2.41. The summed E-state index contributed by atoms with van der Waals surface area (Å²) < 4.78 is 29.5. The number of hydrogen-bond donors (Lipinski definition) is 0. The van der Waals surface area contributed by atoms with E-state index in [2.05, 4.69) is 4.99 Å². The third kappa shape index (κ3) is 3.93. The Balaban J connectivity index is 1.64. The molecule has 4 rings (SSSR count). The molecule has 8 heteroatoms. The molecule has 0 unspecified atom stereocenters. The van der Waals surface area contributed by atoms with Crippen LogP contribution in [0.3, 0.4) is 0 Å². The Morgan fingerprint density at radius 3 is 2.54 bits per heavy atom. The summed E-state index contributed by atoms with van der Waals surface area (Å²) in [4.78, 5) is 18.8. The number of amides is 1. The molecule has 6 nitrogen and oxygen atoms in total. The van der Waals surface area contributed by atoms with E-state index in [1.54, 1.807) is 7.11 Å². The van der Waals surface area contributed by atoms with E-state index < -0.39 is 9.84 Å². The number of hydrogen-bond acceptors (Lipinski definition) is 5. The van der Waals surface area contributed by atoms with Gasteiger partial charge >= 0.3 is 0 Å². The van der Waals surface area contributed by atoms with Crippen LogP contribution in [0.4, 0.5) is 5.69 Å². The second kappa shape index (κ2) is 7.60. The van der Waals surface area contributed by atoms with Gasteiger partial charge in [-0.05, 0) is 29.8 Å². The predicted molar refractivity (Wildman–Crippen MR) is 112 cm³/mol. The number of rotatable bonds is 4. The van der Waals surface area contributed by atoms with Gasteiger partial charge in [-0.1, -0.05) is 42.1 Å². The van der Waals surface area contributed by atoms with Crippen molar-refractivity contribution in [3.05, 3.63) is 60.2 Å². The maximum atomic E-state index is 12.5. The first-order valence-electron chi connectivity index (χ1n) is 8.91. The number of methoxy groups -OCH3 is 1. The molecular weight excluding hydrogens is 396 g/mol. The lowest BCUT2D eigenvalue weighted by atomic mass is 10.1. The van der Waals surface area contributed by atoms with E-state index in [1.165, 1.54) is 11.8 Å². The fourth-order valence-corrected chi connectivity index (χ4v) is 7.46. The Morgan fingerprint density at radius 1 is 1.14 bits per heavy atom. The van der Waals surface area contributed by atoms with Crippen molar-refractivity contribution in [2.24, 2.45) is 4.99 Å². The summed E-state index contributed by atoms with van der Waals surface area (Å²) in [6.07, 6.45) is 0.217. The molecule has 0 bridgehead atoms. The zero-order valence-corrected chi connectivity index (χ0v) is 16.9. The van der Waals surface area contributed by atoms with Gasteiger partial charge < -0.3 is 9.64 Å². The van der Waals surface area contributed by atoms with Gasteiger partial charge in [-0.2, -0.15) is 4.99 Å². The number of sulfone groups is 1. The number of anilines is 1. The van der Waals surface area contributed by atoms with Gasteiger partial charge in [-0.3, -0.25) is 4.79 Å². The molecule has 0 radical (unpaired) electrons. The summed E-state index contributed by atoms with van der Waals surface area (Å²) >= 11 is 1.38. The van der Waals surface area contributed by atoms with Crippen LogP contribution in [0.1, 0.15) is 5.56 Å². The van der Waals surface area contributed by atoms with Crippen molar-refractivity contribution in [3.63, 3.8) is 0 Å². The number of carbonyl (C=O) groups is 1.